The molecule has 0 N–H and O–H groups in total. The van der Waals surface area contributed by atoms with Crippen molar-refractivity contribution in [1.29, 1.82) is 0 Å². The smallest absolute Gasteiger partial charge is 0.238 e. The molecule has 1 aliphatic carbocycles. The molecule has 3 aromatic heterocycles. The van der Waals surface area contributed by atoms with Crippen LogP contribution >= 0.6 is 0 Å². The van der Waals surface area contributed by atoms with Crippen molar-refractivity contribution in [2.45, 2.75) is 19.3 Å². The number of rotatable bonds is 5. The molecule has 59 heavy (non-hydrogen) atoms. The van der Waals surface area contributed by atoms with Crippen molar-refractivity contribution in [3.63, 3.8) is 0 Å². The Balaban J connectivity index is 1.06. The van der Waals surface area contributed by atoms with Crippen molar-refractivity contribution in [2.24, 2.45) is 0 Å². The molecule has 11 aromatic rings. The fourth-order valence-electron chi connectivity index (χ4n) is 9.33. The van der Waals surface area contributed by atoms with Crippen LogP contribution < -0.4 is 0 Å². The van der Waals surface area contributed by atoms with Gasteiger partial charge >= 0.3 is 0 Å². The Bertz CT molecular complexity index is 3470. The summed E-state index contributed by atoms with van der Waals surface area (Å²) < 4.78 is 8.72. The van der Waals surface area contributed by atoms with Crippen LogP contribution in [0, 0.1) is 0 Å². The number of hydrogen-bond acceptors (Lipinski definition) is 4. The Morgan fingerprint density at radius 3 is 1.88 bits per heavy atom. The molecule has 0 unspecified atom stereocenters. The molecule has 0 saturated carbocycles. The van der Waals surface area contributed by atoms with Crippen molar-refractivity contribution >= 4 is 43.7 Å². The summed E-state index contributed by atoms with van der Waals surface area (Å²) >= 11 is 0. The fraction of sp³-hybridized carbons (Fsp3) is 0.0556. The van der Waals surface area contributed by atoms with Crippen LogP contribution in [0.4, 0.5) is 0 Å². The van der Waals surface area contributed by atoms with Crippen LogP contribution in [-0.4, -0.2) is 19.5 Å². The van der Waals surface area contributed by atoms with Crippen molar-refractivity contribution in [2.75, 3.05) is 0 Å². The third kappa shape index (κ3) is 5.14. The lowest BCUT2D eigenvalue weighted by atomic mass is 9.81. The maximum atomic E-state index is 6.49. The average Bonchev–Trinajstić information content (AvgIpc) is 3.91. The average molecular weight is 757 g/mol. The molecule has 0 amide bonds. The first-order chi connectivity index (χ1) is 29.0. The molecule has 0 atom stereocenters. The van der Waals surface area contributed by atoms with Crippen molar-refractivity contribution < 1.29 is 4.42 Å². The Kier molecular flexibility index (Phi) is 7.20. The van der Waals surface area contributed by atoms with E-state index in [0.29, 0.717) is 17.6 Å². The van der Waals surface area contributed by atoms with Gasteiger partial charge in [0.05, 0.1) is 11.0 Å². The molecule has 0 saturated heterocycles. The predicted molar refractivity (Wildman–Crippen MR) is 241 cm³/mol. The second-order valence-electron chi connectivity index (χ2n) is 16.0. The molecular formula is C54H36N4O. The number of hydrogen-bond donors (Lipinski definition) is 0. The van der Waals surface area contributed by atoms with Crippen LogP contribution in [0.25, 0.3) is 106 Å². The van der Waals surface area contributed by atoms with E-state index in [2.05, 4.69) is 164 Å². The third-order valence-corrected chi connectivity index (χ3v) is 12.3. The molecule has 0 fully saturated rings. The highest BCUT2D eigenvalue weighted by molar-refractivity contribution is 6.12. The maximum Gasteiger partial charge on any atom is 0.238 e. The summed E-state index contributed by atoms with van der Waals surface area (Å²) in [5, 5.41) is 4.60. The highest BCUT2D eigenvalue weighted by Gasteiger charge is 2.37. The highest BCUT2D eigenvalue weighted by Crippen LogP contribution is 2.52. The lowest BCUT2D eigenvalue weighted by Crippen LogP contribution is -2.15. The molecule has 8 aromatic carbocycles. The molecule has 5 heteroatoms. The minimum atomic E-state index is -0.246. The second-order valence-corrected chi connectivity index (χ2v) is 16.0. The van der Waals surface area contributed by atoms with Crippen molar-refractivity contribution in [3.8, 4) is 62.1 Å². The van der Waals surface area contributed by atoms with E-state index < -0.39 is 0 Å². The van der Waals surface area contributed by atoms with E-state index in [1.807, 2.05) is 36.4 Å². The van der Waals surface area contributed by atoms with Crippen molar-refractivity contribution in [1.82, 2.24) is 19.5 Å². The number of fused-ring (bicyclic) bond motifs is 9. The molecule has 0 spiro atoms. The summed E-state index contributed by atoms with van der Waals surface area (Å²) in [5.74, 6) is 1.83. The van der Waals surface area contributed by atoms with Crippen LogP contribution in [0.3, 0.4) is 0 Å². The molecule has 0 bridgehead atoms. The van der Waals surface area contributed by atoms with Gasteiger partial charge in [-0.2, -0.15) is 9.97 Å². The second kappa shape index (κ2) is 12.7. The van der Waals surface area contributed by atoms with E-state index in [4.69, 9.17) is 19.4 Å². The Morgan fingerprint density at radius 2 is 1.05 bits per heavy atom. The van der Waals surface area contributed by atoms with Crippen molar-refractivity contribution in [3.05, 3.63) is 193 Å². The molecule has 278 valence electrons. The van der Waals surface area contributed by atoms with Gasteiger partial charge in [0, 0.05) is 43.7 Å². The Hall–Kier alpha value is -7.63. The zero-order valence-corrected chi connectivity index (χ0v) is 32.5. The maximum absolute atomic E-state index is 6.49. The van der Waals surface area contributed by atoms with Gasteiger partial charge in [-0.15, -0.1) is 0 Å². The van der Waals surface area contributed by atoms with Crippen LogP contribution in [-0.2, 0) is 5.41 Å². The largest absolute Gasteiger partial charge is 0.455 e. The van der Waals surface area contributed by atoms with E-state index in [-0.39, 0.29) is 5.41 Å². The Labute approximate surface area is 340 Å². The number of para-hydroxylation sites is 3. The number of furan rings is 1. The fourth-order valence-corrected chi connectivity index (χ4v) is 9.33. The number of benzene rings is 8. The Morgan fingerprint density at radius 1 is 0.407 bits per heavy atom. The van der Waals surface area contributed by atoms with E-state index in [1.54, 1.807) is 0 Å². The molecular weight excluding hydrogens is 721 g/mol. The monoisotopic (exact) mass is 756 g/mol. The zero-order chi connectivity index (χ0) is 39.2. The van der Waals surface area contributed by atoms with Gasteiger partial charge < -0.3 is 4.42 Å². The van der Waals surface area contributed by atoms with Gasteiger partial charge in [0.2, 0.25) is 5.95 Å². The topological polar surface area (TPSA) is 56.7 Å². The third-order valence-electron chi connectivity index (χ3n) is 12.3. The van der Waals surface area contributed by atoms with Gasteiger partial charge in [0.15, 0.2) is 11.6 Å². The molecule has 3 heterocycles. The summed E-state index contributed by atoms with van der Waals surface area (Å²) in [6.07, 6.45) is 0. The van der Waals surface area contributed by atoms with Crippen LogP contribution in [0.1, 0.15) is 25.0 Å². The zero-order valence-electron chi connectivity index (χ0n) is 32.5. The summed E-state index contributed by atoms with van der Waals surface area (Å²) in [5.41, 5.74) is 15.1. The van der Waals surface area contributed by atoms with Gasteiger partial charge in [-0.3, -0.25) is 4.57 Å². The summed E-state index contributed by atoms with van der Waals surface area (Å²) in [6, 6.07) is 64.1. The summed E-state index contributed by atoms with van der Waals surface area (Å²) in [4.78, 5) is 15.6. The first-order valence-corrected chi connectivity index (χ1v) is 20.1. The summed E-state index contributed by atoms with van der Waals surface area (Å²) in [7, 11) is 0. The van der Waals surface area contributed by atoms with Crippen LogP contribution in [0.2, 0.25) is 0 Å². The minimum absolute atomic E-state index is 0.246. The van der Waals surface area contributed by atoms with Gasteiger partial charge in [-0.25, -0.2) is 4.98 Å². The first-order valence-electron chi connectivity index (χ1n) is 20.1. The van der Waals surface area contributed by atoms with Crippen LogP contribution in [0.5, 0.6) is 0 Å². The first kappa shape index (κ1) is 33.5. The van der Waals surface area contributed by atoms with Gasteiger partial charge in [-0.05, 0) is 75.3 Å². The highest BCUT2D eigenvalue weighted by atomic mass is 16.3. The quantitative estimate of drug-likeness (QED) is 0.175. The van der Waals surface area contributed by atoms with E-state index >= 15 is 0 Å². The number of aromatic nitrogens is 4. The lowest BCUT2D eigenvalue weighted by molar-refractivity contribution is 0.661. The standard InChI is InChI=1S/C54H36N4O/c1-54(2)45-30-36(38-23-14-24-42-41-22-10-12-26-49(41)59-50(38)42)27-28-39(45)43-32-48-44(31-46(43)54)40-21-9-11-25-47(40)58(48)53-56-51(34-17-7-4-8-18-34)55-52(57-53)37-20-13-19-35(29-37)33-15-5-3-6-16-33/h3-32H,1-2H3. The van der Waals surface area contributed by atoms with Gasteiger partial charge in [0.1, 0.15) is 11.2 Å². The molecule has 5 nitrogen and oxygen atoms in total. The van der Waals surface area contributed by atoms with Crippen LogP contribution in [0.15, 0.2) is 186 Å². The van der Waals surface area contributed by atoms with Gasteiger partial charge in [0.25, 0.3) is 0 Å². The SMILES string of the molecule is CC1(C)c2cc(-c3cccc4c3oc3ccccc34)ccc2-c2cc3c(cc21)c1ccccc1n3-c1nc(-c2ccccc2)nc(-c2cccc(-c3ccccc3)c2)n1. The molecule has 12 rings (SSSR count). The van der Waals surface area contributed by atoms with Gasteiger partial charge in [-0.1, -0.05) is 159 Å². The molecule has 0 radical (unpaired) electrons. The lowest BCUT2D eigenvalue weighted by Gasteiger charge is -2.22. The van der Waals surface area contributed by atoms with E-state index in [1.165, 1.54) is 27.6 Å². The summed E-state index contributed by atoms with van der Waals surface area (Å²) in [6.45, 7) is 4.70. The van der Waals surface area contributed by atoms with E-state index in [0.717, 1.165) is 71.7 Å². The molecule has 0 aliphatic heterocycles. The predicted octanol–water partition coefficient (Wildman–Crippen LogP) is 13.8. The number of nitrogens with zero attached hydrogens (tertiary/aromatic N) is 4. The normalized spacial score (nSPS) is 13.1. The van der Waals surface area contributed by atoms with E-state index in [9.17, 15) is 0 Å². The molecule has 1 aliphatic rings. The minimum Gasteiger partial charge on any atom is -0.455 e.